The highest BCUT2D eigenvalue weighted by Gasteiger charge is 2.22. The number of hydrogen-bond acceptors (Lipinski definition) is 2. The van der Waals surface area contributed by atoms with E-state index in [9.17, 15) is 9.36 Å². The van der Waals surface area contributed by atoms with E-state index in [1.54, 1.807) is 13.3 Å². The van der Waals surface area contributed by atoms with Crippen LogP contribution in [-0.2, 0) is 9.36 Å². The van der Waals surface area contributed by atoms with Crippen molar-refractivity contribution in [3.8, 4) is 0 Å². The van der Waals surface area contributed by atoms with Crippen molar-refractivity contribution in [1.29, 1.82) is 0 Å². The number of hydrogen-bond donors (Lipinski definition) is 1. The zero-order valence-corrected chi connectivity index (χ0v) is 11.0. The van der Waals surface area contributed by atoms with Crippen molar-refractivity contribution in [2.45, 2.75) is 6.42 Å². The SMILES string of the molecule is CP(C)(=O)CC/C=C1\C(=O)Nc2ccccc21. The number of nitrogens with one attached hydrogen (secondary N) is 1. The Morgan fingerprint density at radius 3 is 2.71 bits per heavy atom. The maximum Gasteiger partial charge on any atom is 0.256 e. The molecule has 1 aliphatic heterocycles. The number of carbonyl (C=O) groups excluding carboxylic acids is 1. The second-order valence-corrected chi connectivity index (χ2v) is 8.30. The average molecular weight is 249 g/mol. The maximum atomic E-state index is 11.7. The van der Waals surface area contributed by atoms with Gasteiger partial charge in [0.25, 0.3) is 5.91 Å². The van der Waals surface area contributed by atoms with Crippen molar-refractivity contribution in [2.24, 2.45) is 0 Å². The molecule has 0 fully saturated rings. The summed E-state index contributed by atoms with van der Waals surface area (Å²) in [5.74, 6) is -0.0618. The third-order valence-electron chi connectivity index (χ3n) is 2.73. The van der Waals surface area contributed by atoms with E-state index in [0.717, 1.165) is 11.3 Å². The predicted molar refractivity (Wildman–Crippen MR) is 72.0 cm³/mol. The van der Waals surface area contributed by atoms with Gasteiger partial charge in [0, 0.05) is 23.0 Å². The van der Waals surface area contributed by atoms with Gasteiger partial charge in [-0.25, -0.2) is 0 Å². The lowest BCUT2D eigenvalue weighted by molar-refractivity contribution is -0.110. The summed E-state index contributed by atoms with van der Waals surface area (Å²) in [7, 11) is -2.00. The van der Waals surface area contributed by atoms with Crippen molar-refractivity contribution in [1.82, 2.24) is 0 Å². The number of benzene rings is 1. The molecule has 2 rings (SSSR count). The van der Waals surface area contributed by atoms with Gasteiger partial charge in [-0.15, -0.1) is 0 Å². The third-order valence-corrected chi connectivity index (χ3v) is 4.06. The number of carbonyl (C=O) groups is 1. The fraction of sp³-hybridized carbons (Fsp3) is 0.308. The van der Waals surface area contributed by atoms with E-state index >= 15 is 0 Å². The van der Waals surface area contributed by atoms with Crippen molar-refractivity contribution < 1.29 is 9.36 Å². The molecule has 0 radical (unpaired) electrons. The summed E-state index contributed by atoms with van der Waals surface area (Å²) in [5.41, 5.74) is 2.51. The molecule has 0 saturated carbocycles. The van der Waals surface area contributed by atoms with Gasteiger partial charge in [-0.05, 0) is 25.8 Å². The highest BCUT2D eigenvalue weighted by molar-refractivity contribution is 7.62. The summed E-state index contributed by atoms with van der Waals surface area (Å²) in [6.45, 7) is 3.54. The molecular formula is C13H16NO2P. The predicted octanol–water partition coefficient (Wildman–Crippen LogP) is 3.03. The summed E-state index contributed by atoms with van der Waals surface area (Å²) in [6, 6.07) is 7.63. The Kier molecular flexibility index (Phi) is 3.21. The highest BCUT2D eigenvalue weighted by atomic mass is 31.2. The zero-order chi connectivity index (χ0) is 12.5. The van der Waals surface area contributed by atoms with Gasteiger partial charge in [0.05, 0.1) is 7.14 Å². The first-order chi connectivity index (χ1) is 7.97. The van der Waals surface area contributed by atoms with Crippen LogP contribution in [0.3, 0.4) is 0 Å². The van der Waals surface area contributed by atoms with Gasteiger partial charge >= 0.3 is 0 Å². The smallest absolute Gasteiger partial charge is 0.256 e. The van der Waals surface area contributed by atoms with Crippen LogP contribution in [0.5, 0.6) is 0 Å². The first-order valence-corrected chi connectivity index (χ1v) is 8.41. The van der Waals surface area contributed by atoms with Crippen molar-refractivity contribution in [3.63, 3.8) is 0 Å². The average Bonchev–Trinajstić information content (AvgIpc) is 2.54. The molecule has 0 saturated heterocycles. The van der Waals surface area contributed by atoms with Crippen molar-refractivity contribution in [2.75, 3.05) is 24.8 Å². The van der Waals surface area contributed by atoms with E-state index in [1.807, 2.05) is 30.3 Å². The van der Waals surface area contributed by atoms with Crippen molar-refractivity contribution in [3.05, 3.63) is 35.9 Å². The van der Waals surface area contributed by atoms with Crippen LogP contribution in [-0.4, -0.2) is 25.4 Å². The molecule has 3 nitrogen and oxygen atoms in total. The van der Waals surface area contributed by atoms with Gasteiger partial charge < -0.3 is 9.88 Å². The lowest BCUT2D eigenvalue weighted by atomic mass is 10.1. The van der Waals surface area contributed by atoms with E-state index in [4.69, 9.17) is 0 Å². The number of allylic oxidation sites excluding steroid dienone is 1. The fourth-order valence-corrected chi connectivity index (χ4v) is 2.61. The fourth-order valence-electron chi connectivity index (χ4n) is 1.86. The molecule has 90 valence electrons. The molecule has 0 atom stereocenters. The van der Waals surface area contributed by atoms with Crippen LogP contribution >= 0.6 is 7.14 Å². The second kappa shape index (κ2) is 4.50. The lowest BCUT2D eigenvalue weighted by Gasteiger charge is -2.03. The zero-order valence-electron chi connectivity index (χ0n) is 10.1. The molecule has 1 N–H and O–H groups in total. The van der Waals surface area contributed by atoms with Gasteiger partial charge in [-0.1, -0.05) is 24.3 Å². The topological polar surface area (TPSA) is 46.2 Å². The van der Waals surface area contributed by atoms with Crippen LogP contribution in [0.15, 0.2) is 30.3 Å². The molecule has 1 aromatic rings. The lowest BCUT2D eigenvalue weighted by Crippen LogP contribution is -2.03. The van der Waals surface area contributed by atoms with Gasteiger partial charge in [-0.2, -0.15) is 0 Å². The number of para-hydroxylation sites is 1. The minimum atomic E-state index is -2.00. The quantitative estimate of drug-likeness (QED) is 0.661. The summed E-state index contributed by atoms with van der Waals surface area (Å²) >= 11 is 0. The van der Waals surface area contributed by atoms with Crippen LogP contribution in [0.2, 0.25) is 0 Å². The third kappa shape index (κ3) is 2.86. The molecule has 1 aliphatic rings. The van der Waals surface area contributed by atoms with Crippen LogP contribution in [0, 0.1) is 0 Å². The summed E-state index contributed by atoms with van der Waals surface area (Å²) in [4.78, 5) is 11.7. The Bertz CT molecular complexity index is 528. The summed E-state index contributed by atoms with van der Waals surface area (Å²) in [6.07, 6.45) is 3.22. The van der Waals surface area contributed by atoms with E-state index in [-0.39, 0.29) is 5.91 Å². The Hall–Kier alpha value is -1.34. The minimum Gasteiger partial charge on any atom is -0.324 e. The van der Waals surface area contributed by atoms with Gasteiger partial charge in [0.1, 0.15) is 0 Å². The van der Waals surface area contributed by atoms with Crippen LogP contribution in [0.4, 0.5) is 5.69 Å². The molecule has 0 spiro atoms. The van der Waals surface area contributed by atoms with Gasteiger partial charge in [0.2, 0.25) is 0 Å². The minimum absolute atomic E-state index is 0.0618. The molecular weight excluding hydrogens is 233 g/mol. The Balaban J connectivity index is 2.19. The molecule has 0 aromatic heterocycles. The van der Waals surface area contributed by atoms with Crippen LogP contribution < -0.4 is 5.32 Å². The van der Waals surface area contributed by atoms with E-state index < -0.39 is 7.14 Å². The molecule has 0 aliphatic carbocycles. The van der Waals surface area contributed by atoms with E-state index in [1.165, 1.54) is 0 Å². The molecule has 17 heavy (non-hydrogen) atoms. The summed E-state index contributed by atoms with van der Waals surface area (Å²) < 4.78 is 11.6. The first kappa shape index (κ1) is 12.1. The van der Waals surface area contributed by atoms with E-state index in [0.29, 0.717) is 18.2 Å². The normalized spacial score (nSPS) is 17.1. The summed E-state index contributed by atoms with van der Waals surface area (Å²) in [5, 5.41) is 2.82. The molecule has 4 heteroatoms. The molecule has 0 bridgehead atoms. The number of rotatable bonds is 3. The van der Waals surface area contributed by atoms with Crippen LogP contribution in [0.25, 0.3) is 5.57 Å². The van der Waals surface area contributed by atoms with Crippen molar-refractivity contribution >= 4 is 24.3 Å². The Labute approximate surface area is 101 Å². The Morgan fingerprint density at radius 1 is 1.29 bits per heavy atom. The standard InChI is InChI=1S/C13H16NO2P/c1-17(2,16)9-5-7-11-10-6-3-4-8-12(10)14-13(11)15/h3-4,6-8H,5,9H2,1-2H3,(H,14,15)/b11-7-. The number of anilines is 1. The number of fused-ring (bicyclic) bond motifs is 1. The molecule has 1 aromatic carbocycles. The largest absolute Gasteiger partial charge is 0.324 e. The highest BCUT2D eigenvalue weighted by Crippen LogP contribution is 2.37. The van der Waals surface area contributed by atoms with E-state index in [2.05, 4.69) is 5.32 Å². The first-order valence-electron chi connectivity index (χ1n) is 5.62. The van der Waals surface area contributed by atoms with Gasteiger partial charge in [0.15, 0.2) is 0 Å². The van der Waals surface area contributed by atoms with Crippen LogP contribution in [0.1, 0.15) is 12.0 Å². The molecule has 1 amide bonds. The second-order valence-electron chi connectivity index (χ2n) is 4.70. The molecule has 0 unspecified atom stereocenters. The maximum absolute atomic E-state index is 11.7. The Morgan fingerprint density at radius 2 is 2.00 bits per heavy atom. The van der Waals surface area contributed by atoms with Gasteiger partial charge in [-0.3, -0.25) is 4.79 Å². The monoisotopic (exact) mass is 249 g/mol. The molecule has 1 heterocycles. The number of amides is 1.